The zero-order valence-corrected chi connectivity index (χ0v) is 6.86. The molecule has 0 saturated carbocycles. The van der Waals surface area contributed by atoms with Gasteiger partial charge in [-0.1, -0.05) is 12.2 Å². The molecule has 3 nitrogen and oxygen atoms in total. The second-order valence-electron chi connectivity index (χ2n) is 3.09. The summed E-state index contributed by atoms with van der Waals surface area (Å²) >= 11 is 0. The van der Waals surface area contributed by atoms with Gasteiger partial charge >= 0.3 is 0 Å². The smallest absolute Gasteiger partial charge is 0.234 e. The lowest BCUT2D eigenvalue weighted by atomic mass is 9.95. The quantitative estimate of drug-likeness (QED) is 0.631. The Morgan fingerprint density at radius 1 is 1.83 bits per heavy atom. The highest BCUT2D eigenvalue weighted by Gasteiger charge is 2.20. The minimum absolute atomic E-state index is 0.377. The number of carbonyl (C=O) groups is 1. The average Bonchev–Trinajstić information content (AvgIpc) is 2.51. The van der Waals surface area contributed by atoms with Gasteiger partial charge < -0.3 is 5.73 Å². The van der Waals surface area contributed by atoms with Crippen LogP contribution in [0.1, 0.15) is 19.3 Å². The highest BCUT2D eigenvalue weighted by molar-refractivity contribution is 5.79. The van der Waals surface area contributed by atoms with Crippen molar-refractivity contribution in [2.75, 3.05) is 0 Å². The monoisotopic (exact) mass is 164 g/mol. The third kappa shape index (κ3) is 2.09. The molecule has 12 heavy (non-hydrogen) atoms. The molecule has 0 spiro atoms. The minimum atomic E-state index is -0.613. The Morgan fingerprint density at radius 2 is 2.58 bits per heavy atom. The zero-order chi connectivity index (χ0) is 8.97. The van der Waals surface area contributed by atoms with E-state index in [0.29, 0.717) is 12.3 Å². The molecule has 0 heterocycles. The van der Waals surface area contributed by atoms with E-state index in [1.807, 2.05) is 6.07 Å². The molecule has 0 radical (unpaired) electrons. The molecule has 64 valence electrons. The number of rotatable bonds is 3. The Hall–Kier alpha value is -1.30. The Balaban J connectivity index is 2.43. The van der Waals surface area contributed by atoms with Gasteiger partial charge in [0.05, 0.1) is 6.07 Å². The summed E-state index contributed by atoms with van der Waals surface area (Å²) in [6.45, 7) is 0. The van der Waals surface area contributed by atoms with Crippen LogP contribution >= 0.6 is 0 Å². The van der Waals surface area contributed by atoms with Crippen molar-refractivity contribution in [3.05, 3.63) is 12.2 Å². The van der Waals surface area contributed by atoms with E-state index >= 15 is 0 Å². The van der Waals surface area contributed by atoms with Crippen LogP contribution in [0.5, 0.6) is 0 Å². The standard InChI is InChI=1S/C9H12N2O/c10-6-8(9(11)12)5-7-3-1-2-4-7/h1,3,7-8H,2,4-5H2,(H2,11,12). The molecule has 1 amide bonds. The first-order valence-corrected chi connectivity index (χ1v) is 4.09. The molecule has 2 unspecified atom stereocenters. The van der Waals surface area contributed by atoms with Crippen LogP contribution in [0.4, 0.5) is 0 Å². The maximum Gasteiger partial charge on any atom is 0.234 e. The van der Waals surface area contributed by atoms with Crippen LogP contribution in [0.2, 0.25) is 0 Å². The van der Waals surface area contributed by atoms with Crippen molar-refractivity contribution in [1.82, 2.24) is 0 Å². The second-order valence-corrected chi connectivity index (χ2v) is 3.09. The van der Waals surface area contributed by atoms with Crippen LogP contribution in [-0.4, -0.2) is 5.91 Å². The van der Waals surface area contributed by atoms with Gasteiger partial charge in [-0.2, -0.15) is 5.26 Å². The van der Waals surface area contributed by atoms with Gasteiger partial charge in [0.1, 0.15) is 5.92 Å². The first kappa shape index (κ1) is 8.79. The summed E-state index contributed by atoms with van der Waals surface area (Å²) in [4.78, 5) is 10.7. The molecule has 0 aromatic carbocycles. The van der Waals surface area contributed by atoms with Gasteiger partial charge in [0, 0.05) is 0 Å². The van der Waals surface area contributed by atoms with Crippen molar-refractivity contribution in [2.24, 2.45) is 17.6 Å². The van der Waals surface area contributed by atoms with Crippen LogP contribution in [0.25, 0.3) is 0 Å². The van der Waals surface area contributed by atoms with Crippen LogP contribution < -0.4 is 5.73 Å². The highest BCUT2D eigenvalue weighted by atomic mass is 16.1. The molecule has 1 aliphatic rings. The van der Waals surface area contributed by atoms with Crippen molar-refractivity contribution in [3.8, 4) is 6.07 Å². The van der Waals surface area contributed by atoms with Gasteiger partial charge in [-0.05, 0) is 25.2 Å². The second kappa shape index (κ2) is 3.91. The van der Waals surface area contributed by atoms with Crippen LogP contribution in [0.3, 0.4) is 0 Å². The number of primary amides is 1. The fraction of sp³-hybridized carbons (Fsp3) is 0.556. The first-order chi connectivity index (χ1) is 5.74. The van der Waals surface area contributed by atoms with E-state index in [1.54, 1.807) is 0 Å². The minimum Gasteiger partial charge on any atom is -0.369 e. The molecule has 1 rings (SSSR count). The Labute approximate surface area is 71.9 Å². The largest absolute Gasteiger partial charge is 0.369 e. The predicted octanol–water partition coefficient (Wildman–Crippen LogP) is 0.968. The Morgan fingerprint density at radius 3 is 3.00 bits per heavy atom. The fourth-order valence-electron chi connectivity index (χ4n) is 1.43. The number of allylic oxidation sites excluding steroid dienone is 2. The molecule has 0 aliphatic heterocycles. The lowest BCUT2D eigenvalue weighted by molar-refractivity contribution is -0.120. The van der Waals surface area contributed by atoms with E-state index in [4.69, 9.17) is 11.0 Å². The molecule has 0 fully saturated rings. The molecule has 2 atom stereocenters. The van der Waals surface area contributed by atoms with Gasteiger partial charge in [0.25, 0.3) is 0 Å². The lowest BCUT2D eigenvalue weighted by Crippen LogP contribution is -2.23. The average molecular weight is 164 g/mol. The molecule has 0 saturated heterocycles. The summed E-state index contributed by atoms with van der Waals surface area (Å²) in [5.74, 6) is -0.738. The molecule has 0 aromatic heterocycles. The van der Waals surface area contributed by atoms with Crippen molar-refractivity contribution in [3.63, 3.8) is 0 Å². The number of nitriles is 1. The number of carbonyl (C=O) groups excluding carboxylic acids is 1. The topological polar surface area (TPSA) is 66.9 Å². The normalized spacial score (nSPS) is 23.4. The van der Waals surface area contributed by atoms with E-state index < -0.39 is 11.8 Å². The summed E-state index contributed by atoms with van der Waals surface area (Å²) < 4.78 is 0. The summed E-state index contributed by atoms with van der Waals surface area (Å²) in [6.07, 6.45) is 6.84. The zero-order valence-electron chi connectivity index (χ0n) is 6.86. The molecule has 1 aliphatic carbocycles. The summed E-state index contributed by atoms with van der Waals surface area (Å²) in [7, 11) is 0. The summed E-state index contributed by atoms with van der Waals surface area (Å²) in [5, 5.41) is 8.58. The van der Waals surface area contributed by atoms with Crippen LogP contribution in [-0.2, 0) is 4.79 Å². The number of nitrogens with two attached hydrogens (primary N) is 1. The van der Waals surface area contributed by atoms with E-state index in [-0.39, 0.29) is 0 Å². The first-order valence-electron chi connectivity index (χ1n) is 4.09. The van der Waals surface area contributed by atoms with Crippen LogP contribution in [0.15, 0.2) is 12.2 Å². The van der Waals surface area contributed by atoms with E-state index in [1.165, 1.54) is 0 Å². The molecule has 2 N–H and O–H groups in total. The summed E-state index contributed by atoms with van der Waals surface area (Å²) in [5.41, 5.74) is 5.04. The third-order valence-electron chi connectivity index (χ3n) is 2.15. The maximum absolute atomic E-state index is 10.7. The third-order valence-corrected chi connectivity index (χ3v) is 2.15. The van der Waals surface area contributed by atoms with E-state index in [2.05, 4.69) is 12.2 Å². The lowest BCUT2D eigenvalue weighted by Gasteiger charge is -2.08. The molecular formula is C9H12N2O. The maximum atomic E-state index is 10.7. The highest BCUT2D eigenvalue weighted by Crippen LogP contribution is 2.23. The molecular weight excluding hydrogens is 152 g/mol. The van der Waals surface area contributed by atoms with Gasteiger partial charge in [0.15, 0.2) is 0 Å². The van der Waals surface area contributed by atoms with Gasteiger partial charge in [0.2, 0.25) is 5.91 Å². The molecule has 3 heteroatoms. The van der Waals surface area contributed by atoms with Crippen molar-refractivity contribution in [1.29, 1.82) is 5.26 Å². The van der Waals surface area contributed by atoms with Gasteiger partial charge in [-0.15, -0.1) is 0 Å². The van der Waals surface area contributed by atoms with Crippen molar-refractivity contribution < 1.29 is 4.79 Å². The van der Waals surface area contributed by atoms with E-state index in [0.717, 1.165) is 12.8 Å². The molecule has 0 bridgehead atoms. The van der Waals surface area contributed by atoms with E-state index in [9.17, 15) is 4.79 Å². The fourth-order valence-corrected chi connectivity index (χ4v) is 1.43. The van der Waals surface area contributed by atoms with Crippen LogP contribution in [0, 0.1) is 23.2 Å². The van der Waals surface area contributed by atoms with Gasteiger partial charge in [-0.25, -0.2) is 0 Å². The molecule has 0 aromatic rings. The number of amides is 1. The number of hydrogen-bond acceptors (Lipinski definition) is 2. The van der Waals surface area contributed by atoms with Gasteiger partial charge in [-0.3, -0.25) is 4.79 Å². The Kier molecular flexibility index (Phi) is 2.87. The summed E-state index contributed by atoms with van der Waals surface area (Å²) in [6, 6.07) is 1.92. The number of nitrogens with zero attached hydrogens (tertiary/aromatic N) is 1. The van der Waals surface area contributed by atoms with Crippen molar-refractivity contribution >= 4 is 5.91 Å². The Bertz CT molecular complexity index is 239. The number of hydrogen-bond donors (Lipinski definition) is 1. The predicted molar refractivity (Wildman–Crippen MR) is 44.8 cm³/mol. The van der Waals surface area contributed by atoms with Crippen molar-refractivity contribution in [2.45, 2.75) is 19.3 Å². The SMILES string of the molecule is N#CC(CC1C=CCC1)C(N)=O.